The number of aliphatic hydroxyl groups excluding tert-OH is 1. The lowest BCUT2D eigenvalue weighted by molar-refractivity contribution is -0.0237. The highest BCUT2D eigenvalue weighted by molar-refractivity contribution is 5.54. The van der Waals surface area contributed by atoms with Gasteiger partial charge in [0.15, 0.2) is 6.35 Å². The average Bonchev–Trinajstić information content (AvgIpc) is 3.20. The minimum absolute atomic E-state index is 0.228. The van der Waals surface area contributed by atoms with Crippen LogP contribution in [0.5, 0.6) is 0 Å². The molecule has 8 heteroatoms. The molecule has 31 heavy (non-hydrogen) atoms. The number of aromatic nitrogens is 2. The quantitative estimate of drug-likeness (QED) is 0.609. The summed E-state index contributed by atoms with van der Waals surface area (Å²) in [6.45, 7) is 7.20. The molecule has 1 aliphatic rings. The predicted molar refractivity (Wildman–Crippen MR) is 117 cm³/mol. The second-order valence-corrected chi connectivity index (χ2v) is 8.08. The van der Waals surface area contributed by atoms with Gasteiger partial charge in [0, 0.05) is 56.5 Å². The molecule has 0 spiro atoms. The van der Waals surface area contributed by atoms with Crippen molar-refractivity contribution in [1.29, 1.82) is 0 Å². The van der Waals surface area contributed by atoms with E-state index in [-0.39, 0.29) is 18.3 Å². The smallest absolute Gasteiger partial charge is 0.247 e. The summed E-state index contributed by atoms with van der Waals surface area (Å²) in [5.41, 5.74) is 2.98. The molecular weight excluding hydrogens is 397 g/mol. The Morgan fingerprint density at radius 2 is 1.77 bits per heavy atom. The van der Waals surface area contributed by atoms with Crippen molar-refractivity contribution < 1.29 is 13.9 Å². The van der Waals surface area contributed by atoms with Crippen molar-refractivity contribution in [2.45, 2.75) is 26.7 Å². The van der Waals surface area contributed by atoms with E-state index in [0.29, 0.717) is 17.0 Å². The molecule has 1 saturated heterocycles. The molecular formula is C23H28FN5O2. The minimum atomic E-state index is -0.853. The highest BCUT2D eigenvalue weighted by atomic mass is 19.1. The van der Waals surface area contributed by atoms with Gasteiger partial charge in [-0.3, -0.25) is 4.90 Å². The molecule has 164 valence electrons. The van der Waals surface area contributed by atoms with Crippen molar-refractivity contribution in [2.75, 3.05) is 38.1 Å². The van der Waals surface area contributed by atoms with Gasteiger partial charge in [-0.1, -0.05) is 23.8 Å². The summed E-state index contributed by atoms with van der Waals surface area (Å²) in [5.74, 6) is 0.340. The summed E-state index contributed by atoms with van der Waals surface area (Å²) in [4.78, 5) is 6.09. The Morgan fingerprint density at radius 1 is 1.06 bits per heavy atom. The zero-order chi connectivity index (χ0) is 22.0. The fourth-order valence-corrected chi connectivity index (χ4v) is 3.70. The van der Waals surface area contributed by atoms with Gasteiger partial charge in [0.25, 0.3) is 0 Å². The van der Waals surface area contributed by atoms with Gasteiger partial charge in [-0.2, -0.15) is 0 Å². The van der Waals surface area contributed by atoms with Crippen LogP contribution in [0.2, 0.25) is 0 Å². The Kier molecular flexibility index (Phi) is 6.31. The van der Waals surface area contributed by atoms with E-state index in [1.54, 1.807) is 19.1 Å². The standard InChI is InChI=1S/C23H28FN5O2/c1-16-4-8-20(9-5-16)29(23(30)28-12-10-27(3)11-13-28)15-19-7-6-18(14-21(19)24)22-26-25-17(2)31-22/h4-9,14,23,30H,10-13,15H2,1-3H3. The molecule has 1 fully saturated rings. The molecule has 7 nitrogen and oxygen atoms in total. The van der Waals surface area contributed by atoms with E-state index in [2.05, 4.69) is 22.1 Å². The first-order valence-corrected chi connectivity index (χ1v) is 10.4. The van der Waals surface area contributed by atoms with E-state index in [9.17, 15) is 5.11 Å². The summed E-state index contributed by atoms with van der Waals surface area (Å²) >= 11 is 0. The van der Waals surface area contributed by atoms with Gasteiger partial charge in [0.2, 0.25) is 11.8 Å². The lowest BCUT2D eigenvalue weighted by atomic mass is 10.1. The molecule has 1 aliphatic heterocycles. The number of aliphatic hydroxyl groups is 1. The Hall–Kier alpha value is -2.81. The molecule has 0 amide bonds. The van der Waals surface area contributed by atoms with Crippen LogP contribution in [0.25, 0.3) is 11.5 Å². The van der Waals surface area contributed by atoms with Gasteiger partial charge in [-0.15, -0.1) is 10.2 Å². The third-order valence-electron chi connectivity index (χ3n) is 5.68. The van der Waals surface area contributed by atoms with Crippen LogP contribution in [-0.2, 0) is 6.54 Å². The Morgan fingerprint density at radius 3 is 2.39 bits per heavy atom. The molecule has 0 bridgehead atoms. The fraction of sp³-hybridized carbons (Fsp3) is 0.391. The molecule has 1 N–H and O–H groups in total. The molecule has 0 radical (unpaired) electrons. The molecule has 1 aromatic heterocycles. The van der Waals surface area contributed by atoms with Crippen molar-refractivity contribution in [3.63, 3.8) is 0 Å². The van der Waals surface area contributed by atoms with Crippen LogP contribution in [-0.4, -0.2) is 64.7 Å². The van der Waals surface area contributed by atoms with E-state index < -0.39 is 6.35 Å². The monoisotopic (exact) mass is 425 g/mol. The number of benzene rings is 2. The average molecular weight is 426 g/mol. The Balaban J connectivity index is 1.60. The Labute approximate surface area is 181 Å². The maximum atomic E-state index is 15.0. The summed E-state index contributed by atoms with van der Waals surface area (Å²) in [6.07, 6.45) is -0.853. The van der Waals surface area contributed by atoms with Gasteiger partial charge >= 0.3 is 0 Å². The van der Waals surface area contributed by atoms with Crippen LogP contribution in [0.1, 0.15) is 17.0 Å². The number of hydrogen-bond donors (Lipinski definition) is 1. The van der Waals surface area contributed by atoms with Gasteiger partial charge in [0.1, 0.15) is 5.82 Å². The largest absolute Gasteiger partial charge is 0.421 e. The highest BCUT2D eigenvalue weighted by Gasteiger charge is 2.27. The van der Waals surface area contributed by atoms with Crippen molar-refractivity contribution in [3.05, 3.63) is 65.3 Å². The van der Waals surface area contributed by atoms with Crippen molar-refractivity contribution in [3.8, 4) is 11.5 Å². The molecule has 2 heterocycles. The summed E-state index contributed by atoms with van der Waals surface area (Å²) in [7, 11) is 2.07. The molecule has 0 saturated carbocycles. The maximum Gasteiger partial charge on any atom is 0.247 e. The van der Waals surface area contributed by atoms with Crippen LogP contribution < -0.4 is 4.90 Å². The first kappa shape index (κ1) is 21.4. The molecule has 0 aliphatic carbocycles. The number of aryl methyl sites for hydroxylation is 2. The molecule has 4 rings (SSSR count). The number of hydrogen-bond acceptors (Lipinski definition) is 7. The summed E-state index contributed by atoms with van der Waals surface area (Å²) in [6, 6.07) is 12.8. The van der Waals surface area contributed by atoms with Gasteiger partial charge < -0.3 is 19.3 Å². The molecule has 3 aromatic rings. The zero-order valence-electron chi connectivity index (χ0n) is 18.1. The van der Waals surface area contributed by atoms with Gasteiger partial charge in [0.05, 0.1) is 0 Å². The van der Waals surface area contributed by atoms with Crippen LogP contribution in [0.4, 0.5) is 10.1 Å². The molecule has 1 unspecified atom stereocenters. The minimum Gasteiger partial charge on any atom is -0.421 e. The first-order chi connectivity index (χ1) is 14.9. The number of nitrogens with zero attached hydrogens (tertiary/aromatic N) is 5. The third kappa shape index (κ3) is 4.92. The SMILES string of the molecule is Cc1ccc(N(Cc2ccc(-c3nnc(C)o3)cc2F)C(O)N2CCN(C)CC2)cc1. The Bertz CT molecular complexity index is 1020. The van der Waals surface area contributed by atoms with Crippen LogP contribution in [0.15, 0.2) is 46.9 Å². The van der Waals surface area contributed by atoms with Crippen molar-refractivity contribution in [1.82, 2.24) is 20.0 Å². The van der Waals surface area contributed by atoms with Gasteiger partial charge in [-0.25, -0.2) is 4.39 Å². The number of likely N-dealkylation sites (N-methyl/N-ethyl adjacent to an activating group) is 1. The summed E-state index contributed by atoms with van der Waals surface area (Å²) < 4.78 is 20.4. The molecule has 1 atom stereocenters. The zero-order valence-corrected chi connectivity index (χ0v) is 18.1. The number of piperazine rings is 1. The number of anilines is 1. The van der Waals surface area contributed by atoms with E-state index >= 15 is 4.39 Å². The topological polar surface area (TPSA) is 68.9 Å². The number of halogens is 1. The van der Waals surface area contributed by atoms with E-state index in [4.69, 9.17) is 4.42 Å². The highest BCUT2D eigenvalue weighted by Crippen LogP contribution is 2.26. The predicted octanol–water partition coefficient (Wildman–Crippen LogP) is 3.02. The maximum absolute atomic E-state index is 15.0. The normalized spacial score (nSPS) is 16.4. The van der Waals surface area contributed by atoms with E-state index in [0.717, 1.165) is 37.4 Å². The lowest BCUT2D eigenvalue weighted by Gasteiger charge is -2.41. The fourth-order valence-electron chi connectivity index (χ4n) is 3.70. The summed E-state index contributed by atoms with van der Waals surface area (Å²) in [5, 5.41) is 19.0. The number of rotatable bonds is 6. The van der Waals surface area contributed by atoms with Crippen LogP contribution in [0, 0.1) is 19.7 Å². The second kappa shape index (κ2) is 9.13. The van der Waals surface area contributed by atoms with Gasteiger partial charge in [-0.05, 0) is 38.2 Å². The lowest BCUT2D eigenvalue weighted by Crippen LogP contribution is -2.55. The first-order valence-electron chi connectivity index (χ1n) is 10.4. The second-order valence-electron chi connectivity index (χ2n) is 8.08. The van der Waals surface area contributed by atoms with Crippen molar-refractivity contribution in [2.24, 2.45) is 0 Å². The van der Waals surface area contributed by atoms with E-state index in [1.165, 1.54) is 6.07 Å². The molecule has 2 aromatic carbocycles. The third-order valence-corrected chi connectivity index (χ3v) is 5.68. The van der Waals surface area contributed by atoms with Crippen LogP contribution >= 0.6 is 0 Å². The van der Waals surface area contributed by atoms with Crippen LogP contribution in [0.3, 0.4) is 0 Å². The van der Waals surface area contributed by atoms with E-state index in [1.807, 2.05) is 41.0 Å². The van der Waals surface area contributed by atoms with Crippen molar-refractivity contribution >= 4 is 5.69 Å².